The van der Waals surface area contributed by atoms with Crippen molar-refractivity contribution in [2.24, 2.45) is 11.1 Å². The van der Waals surface area contributed by atoms with Gasteiger partial charge in [0.05, 0.1) is 11.6 Å². The van der Waals surface area contributed by atoms with Crippen LogP contribution in [0.3, 0.4) is 0 Å². The first-order valence-corrected chi connectivity index (χ1v) is 7.93. The summed E-state index contributed by atoms with van der Waals surface area (Å²) in [6, 6.07) is 10.5. The van der Waals surface area contributed by atoms with Crippen molar-refractivity contribution in [3.63, 3.8) is 0 Å². The number of hydrogen-bond donors (Lipinski definition) is 0. The second-order valence-electron chi connectivity index (χ2n) is 5.83. The summed E-state index contributed by atoms with van der Waals surface area (Å²) in [6.45, 7) is 4.57. The van der Waals surface area contributed by atoms with Gasteiger partial charge in [-0.15, -0.1) is 0 Å². The third kappa shape index (κ3) is 2.73. The molecule has 1 aromatic rings. The molecule has 2 atom stereocenters. The third-order valence-corrected chi connectivity index (χ3v) is 4.39. The van der Waals surface area contributed by atoms with E-state index in [-0.39, 0.29) is 6.23 Å². The van der Waals surface area contributed by atoms with Gasteiger partial charge in [0, 0.05) is 13.1 Å². The standard InChI is InChI=1S/C17H24N2O/c1-2-3-11-15-16(14-9-5-4-6-10-14)18-20-17(15)19-12-7-8-13-19/h4-6,9-10,15,17H,2-3,7-8,11-13H2,1H3/t15-,17-/m0/s1. The molecule has 0 amide bonds. The lowest BCUT2D eigenvalue weighted by molar-refractivity contribution is -0.0493. The van der Waals surface area contributed by atoms with Gasteiger partial charge in [0.1, 0.15) is 0 Å². The van der Waals surface area contributed by atoms with Gasteiger partial charge < -0.3 is 4.84 Å². The van der Waals surface area contributed by atoms with Gasteiger partial charge in [-0.2, -0.15) is 0 Å². The Bertz CT molecular complexity index is 451. The smallest absolute Gasteiger partial charge is 0.189 e. The Labute approximate surface area is 121 Å². The third-order valence-electron chi connectivity index (χ3n) is 4.39. The fourth-order valence-corrected chi connectivity index (χ4v) is 3.28. The molecule has 3 heteroatoms. The van der Waals surface area contributed by atoms with Crippen LogP contribution in [0.25, 0.3) is 0 Å². The number of unbranched alkanes of at least 4 members (excludes halogenated alkanes) is 1. The summed E-state index contributed by atoms with van der Waals surface area (Å²) in [6.07, 6.45) is 6.39. The van der Waals surface area contributed by atoms with E-state index in [1.54, 1.807) is 0 Å². The van der Waals surface area contributed by atoms with Crippen LogP contribution >= 0.6 is 0 Å². The van der Waals surface area contributed by atoms with Crippen molar-refractivity contribution in [2.45, 2.75) is 45.3 Å². The highest BCUT2D eigenvalue weighted by Crippen LogP contribution is 2.31. The van der Waals surface area contributed by atoms with Crippen LogP contribution in [0.5, 0.6) is 0 Å². The van der Waals surface area contributed by atoms with E-state index in [0.717, 1.165) is 18.8 Å². The molecule has 0 radical (unpaired) electrons. The van der Waals surface area contributed by atoms with Gasteiger partial charge in [-0.3, -0.25) is 4.90 Å². The Morgan fingerprint density at radius 3 is 2.65 bits per heavy atom. The molecule has 0 bridgehead atoms. The summed E-state index contributed by atoms with van der Waals surface area (Å²) >= 11 is 0. The molecule has 0 spiro atoms. The summed E-state index contributed by atoms with van der Waals surface area (Å²) in [5.41, 5.74) is 2.37. The molecule has 3 nitrogen and oxygen atoms in total. The molecule has 1 aromatic carbocycles. The van der Waals surface area contributed by atoms with E-state index < -0.39 is 0 Å². The molecule has 3 rings (SSSR count). The second kappa shape index (κ2) is 6.40. The predicted molar refractivity (Wildman–Crippen MR) is 81.7 cm³/mol. The van der Waals surface area contributed by atoms with Crippen LogP contribution in [-0.4, -0.2) is 29.9 Å². The van der Waals surface area contributed by atoms with Gasteiger partial charge in [0.25, 0.3) is 0 Å². The van der Waals surface area contributed by atoms with E-state index in [1.165, 1.54) is 37.7 Å². The van der Waals surface area contributed by atoms with E-state index in [4.69, 9.17) is 4.84 Å². The quantitative estimate of drug-likeness (QED) is 0.817. The van der Waals surface area contributed by atoms with Crippen molar-refractivity contribution >= 4 is 5.71 Å². The first-order valence-electron chi connectivity index (χ1n) is 7.93. The molecular formula is C17H24N2O. The first-order chi connectivity index (χ1) is 9.90. The number of likely N-dealkylation sites (tertiary alicyclic amines) is 1. The average Bonchev–Trinajstić information content (AvgIpc) is 3.15. The minimum absolute atomic E-state index is 0.166. The molecule has 0 N–H and O–H groups in total. The van der Waals surface area contributed by atoms with Crippen LogP contribution in [0.2, 0.25) is 0 Å². The zero-order valence-corrected chi connectivity index (χ0v) is 12.3. The summed E-state index contributed by atoms with van der Waals surface area (Å²) < 4.78 is 0. The number of nitrogens with zero attached hydrogens (tertiary/aromatic N) is 2. The van der Waals surface area contributed by atoms with E-state index in [9.17, 15) is 0 Å². The van der Waals surface area contributed by atoms with E-state index >= 15 is 0 Å². The van der Waals surface area contributed by atoms with Crippen LogP contribution < -0.4 is 0 Å². The highest BCUT2D eigenvalue weighted by atomic mass is 16.7. The van der Waals surface area contributed by atoms with Crippen molar-refractivity contribution in [2.75, 3.05) is 13.1 Å². The Hall–Kier alpha value is -1.35. The zero-order valence-electron chi connectivity index (χ0n) is 12.3. The first kappa shape index (κ1) is 13.6. The zero-order chi connectivity index (χ0) is 13.8. The maximum atomic E-state index is 5.83. The van der Waals surface area contributed by atoms with Crippen LogP contribution in [0.15, 0.2) is 35.5 Å². The summed E-state index contributed by atoms with van der Waals surface area (Å²) in [5.74, 6) is 0.426. The van der Waals surface area contributed by atoms with Crippen LogP contribution in [0.1, 0.15) is 44.6 Å². The highest BCUT2D eigenvalue weighted by molar-refractivity contribution is 6.02. The molecule has 20 heavy (non-hydrogen) atoms. The number of rotatable bonds is 5. The fraction of sp³-hybridized carbons (Fsp3) is 0.588. The average molecular weight is 272 g/mol. The summed E-state index contributed by atoms with van der Waals surface area (Å²) in [7, 11) is 0. The maximum absolute atomic E-state index is 5.83. The van der Waals surface area contributed by atoms with Crippen LogP contribution in [0, 0.1) is 5.92 Å². The molecule has 1 fully saturated rings. The van der Waals surface area contributed by atoms with E-state index in [2.05, 4.69) is 47.3 Å². The topological polar surface area (TPSA) is 24.8 Å². The van der Waals surface area contributed by atoms with Crippen molar-refractivity contribution in [3.05, 3.63) is 35.9 Å². The van der Waals surface area contributed by atoms with Crippen molar-refractivity contribution in [3.8, 4) is 0 Å². The molecule has 108 valence electrons. The number of benzene rings is 1. The van der Waals surface area contributed by atoms with Crippen molar-refractivity contribution in [1.29, 1.82) is 0 Å². The molecule has 2 aliphatic rings. The molecule has 0 unspecified atom stereocenters. The molecular weight excluding hydrogens is 248 g/mol. The lowest BCUT2D eigenvalue weighted by Crippen LogP contribution is -2.39. The van der Waals surface area contributed by atoms with Crippen LogP contribution in [-0.2, 0) is 4.84 Å². The highest BCUT2D eigenvalue weighted by Gasteiger charge is 2.39. The summed E-state index contributed by atoms with van der Waals surface area (Å²) in [4.78, 5) is 8.30. The van der Waals surface area contributed by atoms with Crippen molar-refractivity contribution in [1.82, 2.24) is 4.90 Å². The SMILES string of the molecule is CCCC[C@H]1C(c2ccccc2)=NO[C@@H]1N1CCCC1. The second-order valence-corrected chi connectivity index (χ2v) is 5.83. The van der Waals surface area contributed by atoms with Gasteiger partial charge >= 0.3 is 0 Å². The Balaban J connectivity index is 1.78. The lowest BCUT2D eigenvalue weighted by atomic mass is 9.90. The van der Waals surface area contributed by atoms with Gasteiger partial charge in [-0.05, 0) is 24.8 Å². The minimum atomic E-state index is 0.166. The molecule has 0 saturated carbocycles. The monoisotopic (exact) mass is 272 g/mol. The van der Waals surface area contributed by atoms with Crippen molar-refractivity contribution < 1.29 is 4.84 Å². The van der Waals surface area contributed by atoms with E-state index in [1.807, 2.05) is 0 Å². The Morgan fingerprint density at radius 1 is 1.20 bits per heavy atom. The largest absolute Gasteiger partial charge is 0.375 e. The number of hydrogen-bond acceptors (Lipinski definition) is 3. The predicted octanol–water partition coefficient (Wildman–Crippen LogP) is 3.65. The van der Waals surface area contributed by atoms with Gasteiger partial charge in [-0.1, -0.05) is 55.3 Å². The van der Waals surface area contributed by atoms with Crippen LogP contribution in [0.4, 0.5) is 0 Å². The normalized spacial score (nSPS) is 26.6. The molecule has 0 aliphatic carbocycles. The Morgan fingerprint density at radius 2 is 1.95 bits per heavy atom. The lowest BCUT2D eigenvalue weighted by Gasteiger charge is -2.27. The summed E-state index contributed by atoms with van der Waals surface area (Å²) in [5, 5.41) is 4.44. The van der Waals surface area contributed by atoms with Gasteiger partial charge in [0.15, 0.2) is 6.23 Å². The molecule has 1 saturated heterocycles. The fourth-order valence-electron chi connectivity index (χ4n) is 3.28. The molecule has 2 heterocycles. The van der Waals surface area contributed by atoms with E-state index in [0.29, 0.717) is 5.92 Å². The van der Waals surface area contributed by atoms with Gasteiger partial charge in [-0.25, -0.2) is 0 Å². The minimum Gasteiger partial charge on any atom is -0.375 e. The number of oxime groups is 1. The maximum Gasteiger partial charge on any atom is 0.189 e. The Kier molecular flexibility index (Phi) is 4.36. The molecule has 2 aliphatic heterocycles. The van der Waals surface area contributed by atoms with Gasteiger partial charge in [0.2, 0.25) is 0 Å². The molecule has 0 aromatic heterocycles.